The van der Waals surface area contributed by atoms with Gasteiger partial charge in [0.25, 0.3) is 0 Å². The Balaban J connectivity index is 0. The maximum Gasteiger partial charge on any atom is 0.217 e. The molecule has 3 N–H and O–H groups in total. The fourth-order valence-corrected chi connectivity index (χ4v) is 2.86. The molecule has 0 bridgehead atoms. The average Bonchev–Trinajstić information content (AvgIpc) is 2.58. The molecule has 0 heterocycles. The number of rotatable bonds is 17. The third-order valence-electron chi connectivity index (χ3n) is 4.02. The van der Waals surface area contributed by atoms with Crippen LogP contribution in [0.25, 0.3) is 0 Å². The molecular weight excluding hydrogens is 350 g/mol. The van der Waals surface area contributed by atoms with Crippen molar-refractivity contribution in [3.05, 3.63) is 12.2 Å². The molecular formula is C20H43NO4S. The van der Waals surface area contributed by atoms with Gasteiger partial charge in [-0.05, 0) is 45.4 Å². The van der Waals surface area contributed by atoms with Gasteiger partial charge in [-0.25, -0.2) is 8.42 Å². The third kappa shape index (κ3) is 31.4. The van der Waals surface area contributed by atoms with Crippen molar-refractivity contribution in [3.63, 3.8) is 0 Å². The molecule has 0 atom stereocenters. The van der Waals surface area contributed by atoms with Gasteiger partial charge in [0.2, 0.25) is 10.4 Å². The van der Waals surface area contributed by atoms with Gasteiger partial charge in [-0.15, -0.1) is 0 Å². The molecule has 0 fully saturated rings. The highest BCUT2D eigenvalue weighted by Gasteiger charge is 1.91. The van der Waals surface area contributed by atoms with E-state index < -0.39 is 10.4 Å². The monoisotopic (exact) mass is 393 g/mol. The van der Waals surface area contributed by atoms with Crippen molar-refractivity contribution < 1.29 is 22.9 Å². The Morgan fingerprint density at radius 3 is 1.54 bits per heavy atom. The zero-order valence-corrected chi connectivity index (χ0v) is 18.0. The van der Waals surface area contributed by atoms with E-state index in [1.807, 2.05) is 0 Å². The van der Waals surface area contributed by atoms with Crippen molar-refractivity contribution in [1.29, 1.82) is 0 Å². The van der Waals surface area contributed by atoms with E-state index in [1.54, 1.807) is 0 Å². The van der Waals surface area contributed by atoms with Crippen LogP contribution in [0.3, 0.4) is 0 Å². The van der Waals surface area contributed by atoms with Crippen LogP contribution in [0.4, 0.5) is 0 Å². The quantitative estimate of drug-likeness (QED) is 0.167. The lowest BCUT2D eigenvalue weighted by molar-refractivity contribution is -0.368. The zero-order valence-electron chi connectivity index (χ0n) is 17.2. The van der Waals surface area contributed by atoms with E-state index >= 15 is 0 Å². The first-order valence-corrected chi connectivity index (χ1v) is 11.9. The maximum absolute atomic E-state index is 9.45. The van der Waals surface area contributed by atoms with E-state index in [9.17, 15) is 13.0 Å². The number of quaternary nitrogens is 1. The summed E-state index contributed by atoms with van der Waals surface area (Å²) in [5.41, 5.74) is 3.88. The van der Waals surface area contributed by atoms with Crippen LogP contribution in [0.15, 0.2) is 12.2 Å². The number of hydrogen-bond acceptors (Lipinski definition) is 4. The minimum absolute atomic E-state index is 0.0914. The van der Waals surface area contributed by atoms with Gasteiger partial charge in [-0.2, -0.15) is 0 Å². The second kappa shape index (κ2) is 22.6. The van der Waals surface area contributed by atoms with Gasteiger partial charge in [0, 0.05) is 0 Å². The summed E-state index contributed by atoms with van der Waals surface area (Å²) >= 11 is 0. The fraction of sp³-hybridized carbons (Fsp3) is 0.900. The molecule has 158 valence electrons. The summed E-state index contributed by atoms with van der Waals surface area (Å²) in [4.78, 5) is 0. The normalized spacial score (nSPS) is 11.5. The van der Waals surface area contributed by atoms with Gasteiger partial charge in [-0.1, -0.05) is 70.4 Å². The summed E-state index contributed by atoms with van der Waals surface area (Å²) in [6, 6.07) is 0. The van der Waals surface area contributed by atoms with Gasteiger partial charge in [0.1, 0.15) is 0 Å². The Kier molecular flexibility index (Phi) is 24.2. The Labute approximate surface area is 162 Å². The largest absolute Gasteiger partial charge is 0.726 e. The molecule has 0 aromatic heterocycles. The SMILES string of the molecule is CCCCCCCC/C=C\CCCCCCCC[NH3+].CCOS(=O)(=O)[O-]. The Morgan fingerprint density at radius 2 is 1.19 bits per heavy atom. The van der Waals surface area contributed by atoms with Crippen LogP contribution in [-0.4, -0.2) is 26.1 Å². The van der Waals surface area contributed by atoms with Gasteiger partial charge in [0.05, 0.1) is 13.2 Å². The van der Waals surface area contributed by atoms with Crippen molar-refractivity contribution >= 4 is 10.4 Å². The molecule has 0 amide bonds. The molecule has 5 nitrogen and oxygen atoms in total. The van der Waals surface area contributed by atoms with Crippen molar-refractivity contribution in [2.75, 3.05) is 13.2 Å². The number of hydrogen-bond donors (Lipinski definition) is 1. The predicted octanol–water partition coefficient (Wildman–Crippen LogP) is 4.75. The molecule has 0 spiro atoms. The molecule has 0 unspecified atom stereocenters. The van der Waals surface area contributed by atoms with Gasteiger partial charge in [0.15, 0.2) is 0 Å². The molecule has 0 aromatic rings. The van der Waals surface area contributed by atoms with Crippen LogP contribution >= 0.6 is 0 Å². The van der Waals surface area contributed by atoms with E-state index in [-0.39, 0.29) is 6.61 Å². The minimum atomic E-state index is -4.42. The summed E-state index contributed by atoms with van der Waals surface area (Å²) in [6.45, 7) is 4.73. The molecule has 0 aliphatic carbocycles. The van der Waals surface area contributed by atoms with Crippen LogP contribution in [0.5, 0.6) is 0 Å². The van der Waals surface area contributed by atoms with E-state index in [4.69, 9.17) is 0 Å². The molecule has 0 aromatic carbocycles. The summed E-state index contributed by atoms with van der Waals surface area (Å²) in [7, 11) is -4.42. The first kappa shape index (κ1) is 27.8. The van der Waals surface area contributed by atoms with Crippen LogP contribution in [0.2, 0.25) is 0 Å². The smallest absolute Gasteiger partial charge is 0.217 e. The minimum Gasteiger partial charge on any atom is -0.726 e. The maximum atomic E-state index is 9.45. The second-order valence-electron chi connectivity index (χ2n) is 6.61. The highest BCUT2D eigenvalue weighted by molar-refractivity contribution is 7.80. The van der Waals surface area contributed by atoms with Crippen molar-refractivity contribution in [2.45, 2.75) is 104 Å². The van der Waals surface area contributed by atoms with Crippen LogP contribution in [0.1, 0.15) is 104 Å². The van der Waals surface area contributed by atoms with E-state index in [1.165, 1.54) is 96.8 Å². The lowest BCUT2D eigenvalue weighted by atomic mass is 10.1. The molecule has 0 aliphatic rings. The van der Waals surface area contributed by atoms with Crippen LogP contribution in [0, 0.1) is 0 Å². The van der Waals surface area contributed by atoms with E-state index in [0.29, 0.717) is 0 Å². The molecule has 6 heteroatoms. The highest BCUT2D eigenvalue weighted by atomic mass is 32.3. The first-order valence-electron chi connectivity index (χ1n) is 10.5. The topological polar surface area (TPSA) is 94.1 Å². The molecule has 0 rings (SSSR count). The molecule has 0 saturated heterocycles. The molecule has 0 radical (unpaired) electrons. The van der Waals surface area contributed by atoms with E-state index in [0.717, 1.165) is 6.54 Å². The highest BCUT2D eigenvalue weighted by Crippen LogP contribution is 2.09. The molecule has 26 heavy (non-hydrogen) atoms. The molecule has 0 aliphatic heterocycles. The summed E-state index contributed by atoms with van der Waals surface area (Å²) in [6.07, 6.45) is 24.2. The van der Waals surface area contributed by atoms with Crippen LogP contribution < -0.4 is 5.73 Å². The zero-order chi connectivity index (χ0) is 19.9. The van der Waals surface area contributed by atoms with Gasteiger partial charge < -0.3 is 10.3 Å². The number of unbranched alkanes of at least 4 members (excludes halogenated alkanes) is 12. The Morgan fingerprint density at radius 1 is 0.769 bits per heavy atom. The standard InChI is InChI=1S/C18H37N.C2H6O4S/c1-2-3-4-5-6-7-8-9-10-11-12-13-14-15-16-17-18-19;1-2-6-7(3,4)5/h9-10H,2-8,11-19H2,1H3;2H2,1H3,(H,3,4,5)/b10-9-;. The number of allylic oxidation sites excluding steroid dienone is 2. The first-order chi connectivity index (χ1) is 12.5. The van der Waals surface area contributed by atoms with Gasteiger partial charge >= 0.3 is 0 Å². The Hall–Kier alpha value is -0.430. The summed E-state index contributed by atoms with van der Waals surface area (Å²) < 4.78 is 32.0. The fourth-order valence-electron chi connectivity index (χ4n) is 2.57. The van der Waals surface area contributed by atoms with Crippen molar-refractivity contribution in [2.24, 2.45) is 0 Å². The van der Waals surface area contributed by atoms with E-state index in [2.05, 4.69) is 29.0 Å². The van der Waals surface area contributed by atoms with Crippen LogP contribution in [-0.2, 0) is 14.6 Å². The lowest BCUT2D eigenvalue weighted by Crippen LogP contribution is -2.50. The molecule has 0 saturated carbocycles. The van der Waals surface area contributed by atoms with Crippen molar-refractivity contribution in [3.8, 4) is 0 Å². The lowest BCUT2D eigenvalue weighted by Gasteiger charge is -2.02. The third-order valence-corrected chi connectivity index (χ3v) is 4.55. The average molecular weight is 394 g/mol. The summed E-state index contributed by atoms with van der Waals surface area (Å²) in [5, 5.41) is 0. The second-order valence-corrected chi connectivity index (χ2v) is 7.66. The Bertz CT molecular complexity index is 383. The van der Waals surface area contributed by atoms with Gasteiger partial charge in [-0.3, -0.25) is 4.18 Å². The summed E-state index contributed by atoms with van der Waals surface area (Å²) in [5.74, 6) is 0. The predicted molar refractivity (Wildman–Crippen MR) is 109 cm³/mol. The van der Waals surface area contributed by atoms with Crippen molar-refractivity contribution in [1.82, 2.24) is 0 Å².